The molecular weight excluding hydrogens is 337 g/mol. The van der Waals surface area contributed by atoms with E-state index in [0.717, 1.165) is 22.3 Å². The Balaban J connectivity index is 2.48. The minimum absolute atomic E-state index is 0.120. The van der Waals surface area contributed by atoms with Gasteiger partial charge in [0.25, 0.3) is 0 Å². The van der Waals surface area contributed by atoms with E-state index in [2.05, 4.69) is 21.2 Å². The van der Waals surface area contributed by atoms with E-state index >= 15 is 0 Å². The third kappa shape index (κ3) is 2.75. The number of benzene rings is 1. The topological polar surface area (TPSA) is 25.2 Å². The Labute approximate surface area is 124 Å². The van der Waals surface area contributed by atoms with E-state index in [0.29, 0.717) is 10.0 Å². The SMILES string of the molecule is CCNC(c1cccc(Cl)c1Cl)c1occc1Br. The molecule has 96 valence electrons. The van der Waals surface area contributed by atoms with Crippen molar-refractivity contribution in [2.45, 2.75) is 13.0 Å². The predicted octanol–water partition coefficient (Wildman–Crippen LogP) is 5.05. The van der Waals surface area contributed by atoms with Crippen LogP contribution in [-0.4, -0.2) is 6.54 Å². The summed E-state index contributed by atoms with van der Waals surface area (Å²) in [6, 6.07) is 7.33. The lowest BCUT2D eigenvalue weighted by atomic mass is 10.0. The highest BCUT2D eigenvalue weighted by Crippen LogP contribution is 2.36. The zero-order valence-corrected chi connectivity index (χ0v) is 12.8. The summed E-state index contributed by atoms with van der Waals surface area (Å²) in [5.41, 5.74) is 0.904. The van der Waals surface area contributed by atoms with Crippen LogP contribution in [0, 0.1) is 0 Å². The van der Waals surface area contributed by atoms with E-state index in [1.165, 1.54) is 0 Å². The van der Waals surface area contributed by atoms with Gasteiger partial charge in [0.2, 0.25) is 0 Å². The fourth-order valence-electron chi connectivity index (χ4n) is 1.80. The normalized spacial score (nSPS) is 12.7. The van der Waals surface area contributed by atoms with Crippen molar-refractivity contribution in [3.63, 3.8) is 0 Å². The zero-order chi connectivity index (χ0) is 13.1. The lowest BCUT2D eigenvalue weighted by Crippen LogP contribution is -2.22. The summed E-state index contributed by atoms with van der Waals surface area (Å²) < 4.78 is 6.42. The van der Waals surface area contributed by atoms with Crippen LogP contribution in [0.15, 0.2) is 39.4 Å². The Morgan fingerprint density at radius 1 is 1.33 bits per heavy atom. The van der Waals surface area contributed by atoms with Gasteiger partial charge in [-0.25, -0.2) is 0 Å². The molecule has 1 N–H and O–H groups in total. The predicted molar refractivity (Wildman–Crippen MR) is 78.4 cm³/mol. The van der Waals surface area contributed by atoms with Crippen molar-refractivity contribution in [3.05, 3.63) is 56.4 Å². The van der Waals surface area contributed by atoms with E-state index in [4.69, 9.17) is 27.6 Å². The summed E-state index contributed by atoms with van der Waals surface area (Å²) in [6.07, 6.45) is 1.64. The van der Waals surface area contributed by atoms with Crippen LogP contribution in [0.5, 0.6) is 0 Å². The number of hydrogen-bond donors (Lipinski definition) is 1. The molecule has 0 amide bonds. The van der Waals surface area contributed by atoms with Crippen LogP contribution in [0.4, 0.5) is 0 Å². The Kier molecular flexibility index (Phi) is 4.73. The molecule has 1 aromatic heterocycles. The second-order valence-corrected chi connectivity index (χ2v) is 5.41. The highest BCUT2D eigenvalue weighted by Gasteiger charge is 2.22. The molecule has 0 saturated carbocycles. The van der Waals surface area contributed by atoms with Gasteiger partial charge in [0, 0.05) is 0 Å². The molecular formula is C13H12BrCl2NO. The third-order valence-electron chi connectivity index (χ3n) is 2.61. The summed E-state index contributed by atoms with van der Waals surface area (Å²) >= 11 is 15.8. The molecule has 2 nitrogen and oxygen atoms in total. The molecule has 1 aromatic carbocycles. The maximum atomic E-state index is 6.26. The summed E-state index contributed by atoms with van der Waals surface area (Å²) in [7, 11) is 0. The minimum atomic E-state index is -0.120. The number of furan rings is 1. The molecule has 0 radical (unpaired) electrons. The molecule has 5 heteroatoms. The molecule has 1 atom stereocenters. The van der Waals surface area contributed by atoms with E-state index in [-0.39, 0.29) is 6.04 Å². The van der Waals surface area contributed by atoms with Crippen molar-refractivity contribution < 1.29 is 4.42 Å². The van der Waals surface area contributed by atoms with Gasteiger partial charge in [-0.1, -0.05) is 42.3 Å². The molecule has 1 unspecified atom stereocenters. The van der Waals surface area contributed by atoms with Crippen molar-refractivity contribution in [3.8, 4) is 0 Å². The van der Waals surface area contributed by atoms with Gasteiger partial charge in [-0.05, 0) is 40.2 Å². The first-order chi connectivity index (χ1) is 8.65. The van der Waals surface area contributed by atoms with Gasteiger partial charge in [-0.2, -0.15) is 0 Å². The van der Waals surface area contributed by atoms with E-state index in [1.54, 1.807) is 12.3 Å². The Morgan fingerprint density at radius 2 is 2.11 bits per heavy atom. The fraction of sp³-hybridized carbons (Fsp3) is 0.231. The van der Waals surface area contributed by atoms with Crippen LogP contribution in [0.25, 0.3) is 0 Å². The molecule has 2 aromatic rings. The molecule has 0 aliphatic heterocycles. The third-order valence-corrected chi connectivity index (χ3v) is 4.10. The standard InChI is InChI=1S/C13H12BrCl2NO/c1-2-17-12(13-9(14)6-7-18-13)8-4-3-5-10(15)11(8)16/h3-7,12,17H,2H2,1H3. The first-order valence-corrected chi connectivity index (χ1v) is 7.10. The van der Waals surface area contributed by atoms with Crippen LogP contribution >= 0.6 is 39.1 Å². The Hall–Kier alpha value is -0.480. The first kappa shape index (κ1) is 13.9. The Bertz CT molecular complexity index is 542. The van der Waals surface area contributed by atoms with Gasteiger partial charge in [0.05, 0.1) is 26.8 Å². The molecule has 0 bridgehead atoms. The molecule has 0 aliphatic rings. The molecule has 0 spiro atoms. The van der Waals surface area contributed by atoms with Crippen molar-refractivity contribution in [2.24, 2.45) is 0 Å². The van der Waals surface area contributed by atoms with Gasteiger partial charge >= 0.3 is 0 Å². The van der Waals surface area contributed by atoms with Gasteiger partial charge < -0.3 is 9.73 Å². The van der Waals surface area contributed by atoms with Gasteiger partial charge in [0.15, 0.2) is 0 Å². The highest BCUT2D eigenvalue weighted by atomic mass is 79.9. The Morgan fingerprint density at radius 3 is 2.72 bits per heavy atom. The number of rotatable bonds is 4. The summed E-state index contributed by atoms with van der Waals surface area (Å²) in [6.45, 7) is 2.82. The highest BCUT2D eigenvalue weighted by molar-refractivity contribution is 9.10. The van der Waals surface area contributed by atoms with Crippen molar-refractivity contribution >= 4 is 39.1 Å². The zero-order valence-electron chi connectivity index (χ0n) is 9.71. The average Bonchev–Trinajstić information content (AvgIpc) is 2.76. The number of nitrogens with one attached hydrogen (secondary N) is 1. The number of halogens is 3. The molecule has 2 rings (SSSR count). The largest absolute Gasteiger partial charge is 0.466 e. The quantitative estimate of drug-likeness (QED) is 0.836. The van der Waals surface area contributed by atoms with E-state index < -0.39 is 0 Å². The van der Waals surface area contributed by atoms with Crippen LogP contribution in [-0.2, 0) is 0 Å². The van der Waals surface area contributed by atoms with E-state index in [1.807, 2.05) is 25.1 Å². The van der Waals surface area contributed by atoms with Crippen LogP contribution < -0.4 is 5.32 Å². The average molecular weight is 349 g/mol. The van der Waals surface area contributed by atoms with Gasteiger partial charge in [-0.3, -0.25) is 0 Å². The smallest absolute Gasteiger partial charge is 0.139 e. The van der Waals surface area contributed by atoms with Crippen molar-refractivity contribution in [1.82, 2.24) is 5.32 Å². The lowest BCUT2D eigenvalue weighted by Gasteiger charge is -2.18. The summed E-state index contributed by atoms with van der Waals surface area (Å²) in [5, 5.41) is 4.43. The van der Waals surface area contributed by atoms with Crippen LogP contribution in [0.1, 0.15) is 24.3 Å². The van der Waals surface area contributed by atoms with Crippen LogP contribution in [0.3, 0.4) is 0 Å². The molecule has 0 fully saturated rings. The maximum Gasteiger partial charge on any atom is 0.139 e. The van der Waals surface area contributed by atoms with Gasteiger partial charge in [-0.15, -0.1) is 0 Å². The van der Waals surface area contributed by atoms with E-state index in [9.17, 15) is 0 Å². The molecule has 1 heterocycles. The summed E-state index contributed by atoms with van der Waals surface area (Å²) in [4.78, 5) is 0. The molecule has 0 saturated heterocycles. The minimum Gasteiger partial charge on any atom is -0.466 e. The monoisotopic (exact) mass is 347 g/mol. The summed E-state index contributed by atoms with van der Waals surface area (Å²) in [5.74, 6) is 0.793. The molecule has 0 aliphatic carbocycles. The maximum absolute atomic E-state index is 6.26. The number of hydrogen-bond acceptors (Lipinski definition) is 2. The molecule has 18 heavy (non-hydrogen) atoms. The fourth-order valence-corrected chi connectivity index (χ4v) is 2.65. The lowest BCUT2D eigenvalue weighted by molar-refractivity contribution is 0.450. The van der Waals surface area contributed by atoms with Crippen molar-refractivity contribution in [1.29, 1.82) is 0 Å². The second kappa shape index (κ2) is 6.11. The first-order valence-electron chi connectivity index (χ1n) is 5.55. The second-order valence-electron chi connectivity index (χ2n) is 3.77. The van der Waals surface area contributed by atoms with Gasteiger partial charge in [0.1, 0.15) is 5.76 Å². The van der Waals surface area contributed by atoms with Crippen LogP contribution in [0.2, 0.25) is 10.0 Å². The van der Waals surface area contributed by atoms with Crippen molar-refractivity contribution in [2.75, 3.05) is 6.54 Å².